The van der Waals surface area contributed by atoms with Crippen molar-refractivity contribution in [1.29, 1.82) is 0 Å². The first-order chi connectivity index (χ1) is 11.0. The van der Waals surface area contributed by atoms with Gasteiger partial charge in [0.25, 0.3) is 5.91 Å². The van der Waals surface area contributed by atoms with Crippen molar-refractivity contribution in [2.24, 2.45) is 5.10 Å². The molecule has 0 aliphatic carbocycles. The molecule has 120 valence electrons. The summed E-state index contributed by atoms with van der Waals surface area (Å²) < 4.78 is 0. The van der Waals surface area contributed by atoms with Crippen LogP contribution in [0.15, 0.2) is 41.5 Å². The first-order valence-corrected chi connectivity index (χ1v) is 7.67. The van der Waals surface area contributed by atoms with E-state index < -0.39 is 11.0 Å². The average Bonchev–Trinajstić information content (AvgIpc) is 2.96. The molecule has 1 aromatic heterocycles. The third-order valence-corrected chi connectivity index (χ3v) is 3.93. The van der Waals surface area contributed by atoms with Crippen LogP contribution in [0.1, 0.15) is 17.4 Å². The molecule has 1 heterocycles. The number of carbonyl (C=O) groups is 1. The Morgan fingerprint density at radius 3 is 2.83 bits per heavy atom. The summed E-state index contributed by atoms with van der Waals surface area (Å²) in [6.07, 6.45) is 1.38. The summed E-state index contributed by atoms with van der Waals surface area (Å²) in [4.78, 5) is 22.7. The molecule has 2 N–H and O–H groups in total. The molecule has 0 saturated carbocycles. The van der Waals surface area contributed by atoms with Gasteiger partial charge in [0.15, 0.2) is 0 Å². The van der Waals surface area contributed by atoms with Gasteiger partial charge in [0.1, 0.15) is 6.04 Å². The van der Waals surface area contributed by atoms with Gasteiger partial charge in [-0.2, -0.15) is 5.10 Å². The van der Waals surface area contributed by atoms with Crippen molar-refractivity contribution in [3.05, 3.63) is 57.0 Å². The van der Waals surface area contributed by atoms with Crippen molar-refractivity contribution < 1.29 is 9.72 Å². The second-order valence-corrected chi connectivity index (χ2v) is 6.00. The lowest BCUT2D eigenvalue weighted by Crippen LogP contribution is -2.34. The van der Waals surface area contributed by atoms with Gasteiger partial charge in [-0.15, -0.1) is 0 Å². The number of hydrogen-bond acceptors (Lipinski definition) is 6. The lowest BCUT2D eigenvalue weighted by molar-refractivity contribution is -0.380. The van der Waals surface area contributed by atoms with Crippen molar-refractivity contribution >= 4 is 34.1 Å². The topological polar surface area (TPSA) is 96.6 Å². The molecule has 0 bridgehead atoms. The molecule has 0 unspecified atom stereocenters. The number of nitrogens with one attached hydrogen (secondary N) is 2. The highest BCUT2D eigenvalue weighted by Crippen LogP contribution is 2.22. The molecular formula is C15H16N4O3S. The fraction of sp³-hybridized carbons (Fsp3) is 0.200. The minimum absolute atomic E-state index is 0.0345. The zero-order valence-corrected chi connectivity index (χ0v) is 13.5. The SMILES string of the molecule is Cc1cccc(N[C@@H](C)C(=O)N/N=C\c2ccc([N+](=O)[O-])s2)c1. The number of nitrogens with zero attached hydrogens (tertiary/aromatic N) is 2. The minimum atomic E-state index is -0.466. The summed E-state index contributed by atoms with van der Waals surface area (Å²) in [5.41, 5.74) is 4.36. The van der Waals surface area contributed by atoms with E-state index >= 15 is 0 Å². The van der Waals surface area contributed by atoms with Crippen molar-refractivity contribution in [3.8, 4) is 0 Å². The van der Waals surface area contributed by atoms with Gasteiger partial charge >= 0.3 is 5.00 Å². The van der Waals surface area contributed by atoms with Crippen LogP contribution in [-0.4, -0.2) is 23.1 Å². The van der Waals surface area contributed by atoms with Gasteiger partial charge in [-0.25, -0.2) is 5.43 Å². The van der Waals surface area contributed by atoms with Crippen molar-refractivity contribution in [2.75, 3.05) is 5.32 Å². The van der Waals surface area contributed by atoms with Crippen LogP contribution in [0, 0.1) is 17.0 Å². The van der Waals surface area contributed by atoms with Crippen molar-refractivity contribution in [3.63, 3.8) is 0 Å². The first kappa shape index (κ1) is 16.6. The molecule has 0 aliphatic rings. The van der Waals surface area contributed by atoms with E-state index in [0.29, 0.717) is 4.88 Å². The molecule has 8 heteroatoms. The first-order valence-electron chi connectivity index (χ1n) is 6.86. The highest BCUT2D eigenvalue weighted by molar-refractivity contribution is 7.16. The van der Waals surface area contributed by atoms with E-state index in [2.05, 4.69) is 15.8 Å². The fourth-order valence-corrected chi connectivity index (χ4v) is 2.51. The van der Waals surface area contributed by atoms with Crippen molar-refractivity contribution in [2.45, 2.75) is 19.9 Å². The number of carbonyl (C=O) groups excluding carboxylic acids is 1. The zero-order chi connectivity index (χ0) is 16.8. The van der Waals surface area contributed by atoms with E-state index in [9.17, 15) is 14.9 Å². The fourth-order valence-electron chi connectivity index (χ4n) is 1.82. The molecule has 0 aliphatic heterocycles. The van der Waals surface area contributed by atoms with Crippen LogP contribution >= 0.6 is 11.3 Å². The number of hydrogen-bond donors (Lipinski definition) is 2. The van der Waals surface area contributed by atoms with E-state index in [1.807, 2.05) is 31.2 Å². The van der Waals surface area contributed by atoms with Gasteiger partial charge < -0.3 is 5.32 Å². The molecular weight excluding hydrogens is 316 g/mol. The summed E-state index contributed by atoms with van der Waals surface area (Å²) in [7, 11) is 0. The third kappa shape index (κ3) is 4.89. The molecule has 0 saturated heterocycles. The molecule has 2 rings (SSSR count). The van der Waals surface area contributed by atoms with E-state index in [1.165, 1.54) is 12.3 Å². The van der Waals surface area contributed by atoms with Gasteiger partial charge in [0.05, 0.1) is 16.0 Å². The van der Waals surface area contributed by atoms with E-state index in [1.54, 1.807) is 13.0 Å². The van der Waals surface area contributed by atoms with Gasteiger partial charge in [0.2, 0.25) is 0 Å². The number of amides is 1. The second-order valence-electron chi connectivity index (χ2n) is 4.90. The molecule has 23 heavy (non-hydrogen) atoms. The summed E-state index contributed by atoms with van der Waals surface area (Å²) in [6.45, 7) is 3.70. The highest BCUT2D eigenvalue weighted by atomic mass is 32.1. The van der Waals surface area contributed by atoms with E-state index in [4.69, 9.17) is 0 Å². The highest BCUT2D eigenvalue weighted by Gasteiger charge is 2.12. The van der Waals surface area contributed by atoms with E-state index in [0.717, 1.165) is 22.6 Å². The van der Waals surface area contributed by atoms with Crippen LogP contribution in [-0.2, 0) is 4.79 Å². The van der Waals surface area contributed by atoms with Gasteiger partial charge in [-0.3, -0.25) is 14.9 Å². The normalized spacial score (nSPS) is 12.1. The number of hydrazone groups is 1. The Morgan fingerprint density at radius 1 is 1.39 bits per heavy atom. The average molecular weight is 332 g/mol. The molecule has 1 amide bonds. The standard InChI is InChI=1S/C15H16N4O3S/c1-10-4-3-5-12(8-10)17-11(2)15(20)18-16-9-13-6-7-14(23-13)19(21)22/h3-9,11,17H,1-2H3,(H,18,20)/b16-9-/t11-/m0/s1. The van der Waals surface area contributed by atoms with Crippen LogP contribution in [0.5, 0.6) is 0 Å². The van der Waals surface area contributed by atoms with E-state index in [-0.39, 0.29) is 10.9 Å². The Balaban J connectivity index is 1.88. The monoisotopic (exact) mass is 332 g/mol. The summed E-state index contributed by atoms with van der Waals surface area (Å²) in [5, 5.41) is 17.5. The predicted octanol–water partition coefficient (Wildman–Crippen LogP) is 2.92. The third-order valence-electron chi connectivity index (χ3n) is 2.95. The Labute approximate surface area is 137 Å². The summed E-state index contributed by atoms with van der Waals surface area (Å²) in [5.74, 6) is -0.297. The lowest BCUT2D eigenvalue weighted by Gasteiger charge is -2.13. The number of nitro groups is 1. The van der Waals surface area contributed by atoms with Crippen LogP contribution in [0.4, 0.5) is 10.7 Å². The zero-order valence-electron chi connectivity index (χ0n) is 12.6. The van der Waals surface area contributed by atoms with Crippen LogP contribution in [0.3, 0.4) is 0 Å². The summed E-state index contributed by atoms with van der Waals surface area (Å²) >= 11 is 0.990. The molecule has 0 fully saturated rings. The van der Waals surface area contributed by atoms with Gasteiger partial charge in [-0.05, 0) is 37.6 Å². The van der Waals surface area contributed by atoms with Gasteiger partial charge in [-0.1, -0.05) is 23.5 Å². The maximum atomic E-state index is 11.9. The molecule has 7 nitrogen and oxygen atoms in total. The Morgan fingerprint density at radius 2 is 2.17 bits per heavy atom. The summed E-state index contributed by atoms with van der Waals surface area (Å²) in [6, 6.07) is 10.2. The van der Waals surface area contributed by atoms with Crippen LogP contribution in [0.25, 0.3) is 0 Å². The Hall–Kier alpha value is -2.74. The largest absolute Gasteiger partial charge is 0.374 e. The van der Waals surface area contributed by atoms with Crippen LogP contribution in [0.2, 0.25) is 0 Å². The number of thiophene rings is 1. The van der Waals surface area contributed by atoms with Crippen LogP contribution < -0.4 is 10.7 Å². The number of rotatable bonds is 6. The second kappa shape index (κ2) is 7.50. The minimum Gasteiger partial charge on any atom is -0.374 e. The quantitative estimate of drug-likeness (QED) is 0.483. The number of benzene rings is 1. The van der Waals surface area contributed by atoms with Gasteiger partial charge in [0, 0.05) is 11.8 Å². The smallest absolute Gasteiger partial charge is 0.324 e. The number of aryl methyl sites for hydroxylation is 1. The maximum Gasteiger partial charge on any atom is 0.324 e. The molecule has 0 spiro atoms. The molecule has 0 radical (unpaired) electrons. The Kier molecular flexibility index (Phi) is 5.42. The molecule has 1 atom stereocenters. The number of anilines is 1. The predicted molar refractivity (Wildman–Crippen MR) is 91.0 cm³/mol. The molecule has 2 aromatic rings. The Bertz CT molecular complexity index is 742. The maximum absolute atomic E-state index is 11.9. The molecule has 1 aromatic carbocycles. The lowest BCUT2D eigenvalue weighted by atomic mass is 10.2. The van der Waals surface area contributed by atoms with Crippen molar-refractivity contribution in [1.82, 2.24) is 5.43 Å².